The lowest BCUT2D eigenvalue weighted by Crippen LogP contribution is -2.13. The Hall–Kier alpha value is -3.94. The molecule has 0 aliphatic carbocycles. The maximum atomic E-state index is 11.3. The number of rotatable bonds is 5. The van der Waals surface area contributed by atoms with Gasteiger partial charge in [0.25, 0.3) is 0 Å². The van der Waals surface area contributed by atoms with E-state index in [4.69, 9.17) is 5.73 Å². The molecule has 28 heavy (non-hydrogen) atoms. The molecule has 0 atom stereocenters. The van der Waals surface area contributed by atoms with Crippen LogP contribution in [0, 0.1) is 6.92 Å². The number of carbonyl (C=O) groups is 1. The standard InChI is InChI=1S/C20H19N7O/c1-12-16-7-6-15(11-17(16)26-25-12)27(2)18-8-9-22-20(24-18)23-14-5-3-4-13(10-14)19(21)28/h3-11H,1-2H3,(H2,21,28)(H,25,26)(H,22,23,24). The molecule has 0 unspecified atom stereocenters. The summed E-state index contributed by atoms with van der Waals surface area (Å²) in [7, 11) is 1.93. The summed E-state index contributed by atoms with van der Waals surface area (Å²) in [6.07, 6.45) is 1.68. The average molecular weight is 373 g/mol. The summed E-state index contributed by atoms with van der Waals surface area (Å²) in [5, 5.41) is 11.5. The maximum Gasteiger partial charge on any atom is 0.248 e. The van der Waals surface area contributed by atoms with Crippen molar-refractivity contribution in [2.75, 3.05) is 17.3 Å². The van der Waals surface area contributed by atoms with E-state index in [2.05, 4.69) is 25.5 Å². The quantitative estimate of drug-likeness (QED) is 0.495. The number of amides is 1. The lowest BCUT2D eigenvalue weighted by Gasteiger charge is -2.19. The molecule has 0 radical (unpaired) electrons. The Bertz CT molecular complexity index is 1170. The Morgan fingerprint density at radius 3 is 2.86 bits per heavy atom. The van der Waals surface area contributed by atoms with Gasteiger partial charge in [0, 0.05) is 41.3 Å². The zero-order valence-electron chi connectivity index (χ0n) is 15.5. The second kappa shape index (κ2) is 6.99. The Labute approximate surface area is 161 Å². The smallest absolute Gasteiger partial charge is 0.248 e. The van der Waals surface area contributed by atoms with Gasteiger partial charge in [-0.25, -0.2) is 4.98 Å². The number of aromatic amines is 1. The molecule has 140 valence electrons. The van der Waals surface area contributed by atoms with Crippen LogP contribution in [0.15, 0.2) is 54.7 Å². The minimum atomic E-state index is -0.484. The largest absolute Gasteiger partial charge is 0.366 e. The van der Waals surface area contributed by atoms with Gasteiger partial charge in [0.2, 0.25) is 11.9 Å². The molecular weight excluding hydrogens is 354 g/mol. The van der Waals surface area contributed by atoms with Gasteiger partial charge in [-0.2, -0.15) is 10.1 Å². The molecular formula is C20H19N7O. The summed E-state index contributed by atoms with van der Waals surface area (Å²) in [5.41, 5.74) is 9.33. The third-order valence-electron chi connectivity index (χ3n) is 4.50. The van der Waals surface area contributed by atoms with Crippen molar-refractivity contribution in [3.63, 3.8) is 0 Å². The molecule has 1 amide bonds. The van der Waals surface area contributed by atoms with Crippen LogP contribution >= 0.6 is 0 Å². The van der Waals surface area contributed by atoms with Crippen LogP contribution in [0.1, 0.15) is 16.1 Å². The Balaban J connectivity index is 1.60. The first-order valence-electron chi connectivity index (χ1n) is 8.69. The van der Waals surface area contributed by atoms with Crippen LogP contribution in [0.4, 0.5) is 23.1 Å². The Morgan fingerprint density at radius 1 is 1.18 bits per heavy atom. The summed E-state index contributed by atoms with van der Waals surface area (Å²) in [5.74, 6) is 0.653. The van der Waals surface area contributed by atoms with Gasteiger partial charge in [0.1, 0.15) is 5.82 Å². The molecule has 0 spiro atoms. The molecule has 0 fully saturated rings. The number of hydrogen-bond acceptors (Lipinski definition) is 6. The predicted octanol–water partition coefficient (Wildman–Crippen LogP) is 3.27. The molecule has 2 heterocycles. The summed E-state index contributed by atoms with van der Waals surface area (Å²) in [6.45, 7) is 1.99. The second-order valence-electron chi connectivity index (χ2n) is 6.42. The van der Waals surface area contributed by atoms with Crippen molar-refractivity contribution < 1.29 is 4.79 Å². The molecule has 2 aromatic carbocycles. The van der Waals surface area contributed by atoms with Crippen molar-refractivity contribution in [1.29, 1.82) is 0 Å². The molecule has 2 aromatic heterocycles. The number of anilines is 4. The van der Waals surface area contributed by atoms with Crippen LogP contribution in [0.2, 0.25) is 0 Å². The van der Waals surface area contributed by atoms with Gasteiger partial charge in [-0.1, -0.05) is 6.07 Å². The number of primary amides is 1. The molecule has 8 heteroatoms. The van der Waals surface area contributed by atoms with Crippen molar-refractivity contribution >= 4 is 40.0 Å². The van der Waals surface area contributed by atoms with Crippen molar-refractivity contribution in [3.8, 4) is 0 Å². The van der Waals surface area contributed by atoms with Crippen LogP contribution in [0.3, 0.4) is 0 Å². The van der Waals surface area contributed by atoms with Gasteiger partial charge in [-0.05, 0) is 49.4 Å². The number of aryl methyl sites for hydroxylation is 1. The average Bonchev–Trinajstić information content (AvgIpc) is 3.08. The van der Waals surface area contributed by atoms with Gasteiger partial charge in [0.05, 0.1) is 5.52 Å². The van der Waals surface area contributed by atoms with Crippen LogP contribution in [0.5, 0.6) is 0 Å². The highest BCUT2D eigenvalue weighted by atomic mass is 16.1. The first-order chi connectivity index (χ1) is 13.5. The van der Waals surface area contributed by atoms with Crippen molar-refractivity contribution in [2.45, 2.75) is 6.92 Å². The lowest BCUT2D eigenvalue weighted by molar-refractivity contribution is 0.100. The number of H-pyrrole nitrogens is 1. The summed E-state index contributed by atoms with van der Waals surface area (Å²) in [4.78, 5) is 22.1. The minimum absolute atomic E-state index is 0.417. The molecule has 4 N–H and O–H groups in total. The van der Waals surface area contributed by atoms with E-state index in [1.807, 2.05) is 49.2 Å². The first kappa shape index (κ1) is 17.5. The summed E-state index contributed by atoms with van der Waals surface area (Å²) in [6, 6.07) is 14.8. The van der Waals surface area contributed by atoms with E-state index >= 15 is 0 Å². The van der Waals surface area contributed by atoms with Gasteiger partial charge in [-0.3, -0.25) is 9.89 Å². The molecule has 0 aliphatic heterocycles. The van der Waals surface area contributed by atoms with Crippen LogP contribution < -0.4 is 16.0 Å². The number of hydrogen-bond donors (Lipinski definition) is 3. The third-order valence-corrected chi connectivity index (χ3v) is 4.50. The summed E-state index contributed by atoms with van der Waals surface area (Å²) >= 11 is 0. The first-order valence-corrected chi connectivity index (χ1v) is 8.69. The molecule has 8 nitrogen and oxygen atoms in total. The highest BCUT2D eigenvalue weighted by Crippen LogP contribution is 2.27. The lowest BCUT2D eigenvalue weighted by atomic mass is 10.2. The normalized spacial score (nSPS) is 10.8. The van der Waals surface area contributed by atoms with E-state index in [1.54, 1.807) is 24.4 Å². The van der Waals surface area contributed by atoms with Crippen molar-refractivity contribution in [3.05, 3.63) is 66.0 Å². The van der Waals surface area contributed by atoms with E-state index in [-0.39, 0.29) is 0 Å². The van der Waals surface area contributed by atoms with Crippen molar-refractivity contribution in [2.24, 2.45) is 5.73 Å². The third kappa shape index (κ3) is 3.35. The fourth-order valence-corrected chi connectivity index (χ4v) is 2.95. The minimum Gasteiger partial charge on any atom is -0.366 e. The monoisotopic (exact) mass is 373 g/mol. The molecule has 4 rings (SSSR count). The number of carbonyl (C=O) groups excluding carboxylic acids is 1. The van der Waals surface area contributed by atoms with Gasteiger partial charge < -0.3 is 16.0 Å². The van der Waals surface area contributed by atoms with E-state index < -0.39 is 5.91 Å². The SMILES string of the molecule is Cc1[nH]nc2cc(N(C)c3ccnc(Nc4cccc(C(N)=O)c4)n3)ccc12. The maximum absolute atomic E-state index is 11.3. The number of fused-ring (bicyclic) bond motifs is 1. The molecule has 0 aliphatic rings. The van der Waals surface area contributed by atoms with Crippen LogP contribution in [-0.4, -0.2) is 33.1 Å². The van der Waals surface area contributed by atoms with Crippen LogP contribution in [-0.2, 0) is 0 Å². The Kier molecular flexibility index (Phi) is 4.36. The highest BCUT2D eigenvalue weighted by molar-refractivity contribution is 5.93. The second-order valence-corrected chi connectivity index (χ2v) is 6.42. The van der Waals surface area contributed by atoms with E-state index in [0.717, 1.165) is 28.1 Å². The van der Waals surface area contributed by atoms with Gasteiger partial charge in [0.15, 0.2) is 0 Å². The Morgan fingerprint density at radius 2 is 2.04 bits per heavy atom. The number of nitrogens with one attached hydrogen (secondary N) is 2. The molecule has 4 aromatic rings. The zero-order chi connectivity index (χ0) is 19.7. The van der Waals surface area contributed by atoms with E-state index in [9.17, 15) is 4.79 Å². The summed E-state index contributed by atoms with van der Waals surface area (Å²) < 4.78 is 0. The predicted molar refractivity (Wildman–Crippen MR) is 109 cm³/mol. The van der Waals surface area contributed by atoms with Crippen LogP contribution in [0.25, 0.3) is 10.9 Å². The number of aromatic nitrogens is 4. The van der Waals surface area contributed by atoms with E-state index in [0.29, 0.717) is 17.2 Å². The highest BCUT2D eigenvalue weighted by Gasteiger charge is 2.10. The fourth-order valence-electron chi connectivity index (χ4n) is 2.95. The van der Waals surface area contributed by atoms with E-state index in [1.165, 1.54) is 0 Å². The zero-order valence-corrected chi connectivity index (χ0v) is 15.5. The van der Waals surface area contributed by atoms with Gasteiger partial charge >= 0.3 is 0 Å². The number of benzene rings is 2. The molecule has 0 bridgehead atoms. The van der Waals surface area contributed by atoms with Gasteiger partial charge in [-0.15, -0.1) is 0 Å². The topological polar surface area (TPSA) is 113 Å². The fraction of sp³-hybridized carbons (Fsp3) is 0.100. The number of nitrogens with two attached hydrogens (primary N) is 1. The molecule has 0 saturated heterocycles. The molecule has 0 saturated carbocycles. The number of nitrogens with zero attached hydrogens (tertiary/aromatic N) is 4. The van der Waals surface area contributed by atoms with Crippen molar-refractivity contribution in [1.82, 2.24) is 20.2 Å².